The number of sulfonamides is 1. The van der Waals surface area contributed by atoms with Gasteiger partial charge in [-0.1, -0.05) is 17.7 Å². The molecule has 0 saturated heterocycles. The number of anilines is 2. The molecule has 3 rings (SSSR count). The topological polar surface area (TPSA) is 93.7 Å². The summed E-state index contributed by atoms with van der Waals surface area (Å²) in [6.45, 7) is 3.35. The number of benzene rings is 3. The molecule has 7 nitrogen and oxygen atoms in total. The number of carbonyl (C=O) groups is 1. The molecule has 30 heavy (non-hydrogen) atoms. The van der Waals surface area contributed by atoms with Crippen molar-refractivity contribution in [1.29, 1.82) is 0 Å². The Morgan fingerprint density at radius 3 is 2.07 bits per heavy atom. The monoisotopic (exact) mass is 426 g/mol. The highest BCUT2D eigenvalue weighted by molar-refractivity contribution is 7.92. The van der Waals surface area contributed by atoms with E-state index in [9.17, 15) is 13.2 Å². The molecule has 0 unspecified atom stereocenters. The van der Waals surface area contributed by atoms with Crippen LogP contribution in [0.1, 0.15) is 12.5 Å². The lowest BCUT2D eigenvalue weighted by Crippen LogP contribution is -2.14. The number of amides is 1. The molecular weight excluding hydrogens is 404 g/mol. The van der Waals surface area contributed by atoms with Crippen LogP contribution in [0.4, 0.5) is 11.4 Å². The fourth-order valence-electron chi connectivity index (χ4n) is 2.68. The molecule has 0 radical (unpaired) electrons. The van der Waals surface area contributed by atoms with Crippen molar-refractivity contribution in [3.63, 3.8) is 0 Å². The zero-order valence-corrected chi connectivity index (χ0v) is 17.6. The molecule has 1 amide bonds. The highest BCUT2D eigenvalue weighted by Gasteiger charge is 2.17. The van der Waals surface area contributed by atoms with Crippen LogP contribution in [-0.2, 0) is 14.8 Å². The van der Waals surface area contributed by atoms with Crippen molar-refractivity contribution in [2.75, 3.05) is 17.1 Å². The Bertz CT molecular complexity index is 1140. The molecule has 0 fully saturated rings. The molecule has 0 bridgehead atoms. The zero-order valence-electron chi connectivity index (χ0n) is 16.8. The number of methoxy groups -OCH3 is 1. The largest absolute Gasteiger partial charge is 0.495 e. The summed E-state index contributed by atoms with van der Waals surface area (Å²) >= 11 is 0. The van der Waals surface area contributed by atoms with Gasteiger partial charge >= 0.3 is 0 Å². The molecule has 0 atom stereocenters. The molecule has 0 aliphatic heterocycles. The Labute approximate surface area is 175 Å². The van der Waals surface area contributed by atoms with Crippen LogP contribution in [0.5, 0.6) is 17.2 Å². The van der Waals surface area contributed by atoms with Crippen LogP contribution >= 0.6 is 0 Å². The van der Waals surface area contributed by atoms with Gasteiger partial charge in [0.15, 0.2) is 0 Å². The molecule has 0 aromatic heterocycles. The standard InChI is InChI=1S/C22H22N2O5S/c1-15-4-8-18(9-5-15)29-19-10-6-17(7-11-19)24-30(26,27)20-12-13-21(23-16(2)25)22(14-20)28-3/h4-14,24H,1-3H3,(H,23,25). The molecule has 0 heterocycles. The maximum atomic E-state index is 12.7. The second-order valence-electron chi connectivity index (χ2n) is 6.59. The van der Waals surface area contributed by atoms with E-state index in [1.54, 1.807) is 24.3 Å². The van der Waals surface area contributed by atoms with Crippen molar-refractivity contribution in [3.8, 4) is 17.2 Å². The summed E-state index contributed by atoms with van der Waals surface area (Å²) in [5, 5.41) is 2.59. The van der Waals surface area contributed by atoms with Gasteiger partial charge in [-0.25, -0.2) is 8.42 Å². The first-order valence-corrected chi connectivity index (χ1v) is 10.6. The van der Waals surface area contributed by atoms with E-state index in [2.05, 4.69) is 10.0 Å². The number of carbonyl (C=O) groups excluding carboxylic acids is 1. The number of rotatable bonds is 7. The Morgan fingerprint density at radius 1 is 0.900 bits per heavy atom. The maximum Gasteiger partial charge on any atom is 0.262 e. The van der Waals surface area contributed by atoms with Gasteiger partial charge in [-0.2, -0.15) is 0 Å². The second kappa shape index (κ2) is 8.87. The van der Waals surface area contributed by atoms with Gasteiger partial charge in [0.1, 0.15) is 17.2 Å². The fourth-order valence-corrected chi connectivity index (χ4v) is 3.75. The second-order valence-corrected chi connectivity index (χ2v) is 8.27. The molecule has 156 valence electrons. The summed E-state index contributed by atoms with van der Waals surface area (Å²) in [5.74, 6) is 1.24. The van der Waals surface area contributed by atoms with E-state index in [0.29, 0.717) is 22.9 Å². The van der Waals surface area contributed by atoms with Crippen LogP contribution in [0.3, 0.4) is 0 Å². The van der Waals surface area contributed by atoms with Gasteiger partial charge in [0.2, 0.25) is 5.91 Å². The molecular formula is C22H22N2O5S. The smallest absolute Gasteiger partial charge is 0.262 e. The van der Waals surface area contributed by atoms with Gasteiger partial charge in [-0.05, 0) is 55.5 Å². The lowest BCUT2D eigenvalue weighted by molar-refractivity contribution is -0.114. The SMILES string of the molecule is COc1cc(S(=O)(=O)Nc2ccc(Oc3ccc(C)cc3)cc2)ccc1NC(C)=O. The van der Waals surface area contributed by atoms with Crippen molar-refractivity contribution in [2.45, 2.75) is 18.7 Å². The Balaban J connectivity index is 1.74. The third-order valence-corrected chi connectivity index (χ3v) is 5.54. The summed E-state index contributed by atoms with van der Waals surface area (Å²) in [7, 11) is -2.45. The van der Waals surface area contributed by atoms with Gasteiger partial charge in [0, 0.05) is 18.7 Å². The predicted molar refractivity (Wildman–Crippen MR) is 116 cm³/mol. The minimum atomic E-state index is -3.85. The average molecular weight is 426 g/mol. The number of hydrogen-bond acceptors (Lipinski definition) is 5. The maximum absolute atomic E-state index is 12.7. The van der Waals surface area contributed by atoms with Gasteiger partial charge < -0.3 is 14.8 Å². The molecule has 8 heteroatoms. The molecule has 0 aliphatic carbocycles. The van der Waals surface area contributed by atoms with E-state index < -0.39 is 10.0 Å². The minimum absolute atomic E-state index is 0.00781. The van der Waals surface area contributed by atoms with Crippen molar-refractivity contribution in [2.24, 2.45) is 0 Å². The summed E-state index contributed by atoms with van der Waals surface area (Å²) < 4.78 is 38.9. The summed E-state index contributed by atoms with van der Waals surface area (Å²) in [5.41, 5.74) is 1.91. The quantitative estimate of drug-likeness (QED) is 0.578. The summed E-state index contributed by atoms with van der Waals surface area (Å²) in [6.07, 6.45) is 0. The van der Waals surface area contributed by atoms with Crippen molar-refractivity contribution in [1.82, 2.24) is 0 Å². The van der Waals surface area contributed by atoms with E-state index >= 15 is 0 Å². The van der Waals surface area contributed by atoms with Crippen LogP contribution in [0.25, 0.3) is 0 Å². The van der Waals surface area contributed by atoms with Crippen LogP contribution in [0, 0.1) is 6.92 Å². The predicted octanol–water partition coefficient (Wildman–Crippen LogP) is 4.56. The molecule has 2 N–H and O–H groups in total. The van der Waals surface area contributed by atoms with Crippen LogP contribution in [0.2, 0.25) is 0 Å². The molecule has 0 spiro atoms. The molecule has 0 saturated carbocycles. The molecule has 0 aliphatic rings. The lowest BCUT2D eigenvalue weighted by atomic mass is 10.2. The highest BCUT2D eigenvalue weighted by atomic mass is 32.2. The Hall–Kier alpha value is -3.52. The van der Waals surface area contributed by atoms with Gasteiger partial charge in [-0.3, -0.25) is 9.52 Å². The third kappa shape index (κ3) is 5.30. The van der Waals surface area contributed by atoms with E-state index in [0.717, 1.165) is 5.56 Å². The summed E-state index contributed by atoms with van der Waals surface area (Å²) in [6, 6.07) is 18.4. The lowest BCUT2D eigenvalue weighted by Gasteiger charge is -2.13. The van der Waals surface area contributed by atoms with Gasteiger partial charge in [0.05, 0.1) is 17.7 Å². The van der Waals surface area contributed by atoms with E-state index in [1.807, 2.05) is 31.2 Å². The first-order chi connectivity index (χ1) is 14.3. The third-order valence-electron chi connectivity index (χ3n) is 4.16. The number of ether oxygens (including phenoxy) is 2. The summed E-state index contributed by atoms with van der Waals surface area (Å²) in [4.78, 5) is 11.3. The number of hydrogen-bond donors (Lipinski definition) is 2. The average Bonchev–Trinajstić information content (AvgIpc) is 2.70. The van der Waals surface area contributed by atoms with Crippen molar-refractivity contribution < 1.29 is 22.7 Å². The van der Waals surface area contributed by atoms with E-state index in [1.165, 1.54) is 32.2 Å². The van der Waals surface area contributed by atoms with Gasteiger partial charge in [0.25, 0.3) is 10.0 Å². The Morgan fingerprint density at radius 2 is 1.50 bits per heavy atom. The molecule has 3 aromatic rings. The van der Waals surface area contributed by atoms with Crippen molar-refractivity contribution >= 4 is 27.3 Å². The highest BCUT2D eigenvalue weighted by Crippen LogP contribution is 2.29. The molecule has 3 aromatic carbocycles. The van der Waals surface area contributed by atoms with Crippen LogP contribution in [0.15, 0.2) is 71.6 Å². The first-order valence-electron chi connectivity index (χ1n) is 9.10. The fraction of sp³-hybridized carbons (Fsp3) is 0.136. The van der Waals surface area contributed by atoms with Crippen LogP contribution in [-0.4, -0.2) is 21.4 Å². The Kier molecular flexibility index (Phi) is 6.27. The minimum Gasteiger partial charge on any atom is -0.495 e. The van der Waals surface area contributed by atoms with E-state index in [-0.39, 0.29) is 16.6 Å². The normalized spacial score (nSPS) is 10.9. The first kappa shape index (κ1) is 21.2. The van der Waals surface area contributed by atoms with Crippen LogP contribution < -0.4 is 19.5 Å². The zero-order chi connectivity index (χ0) is 21.7. The number of aryl methyl sites for hydroxylation is 1. The van der Waals surface area contributed by atoms with E-state index in [4.69, 9.17) is 9.47 Å². The van der Waals surface area contributed by atoms with Crippen molar-refractivity contribution in [3.05, 3.63) is 72.3 Å². The number of nitrogens with one attached hydrogen (secondary N) is 2. The van der Waals surface area contributed by atoms with Gasteiger partial charge in [-0.15, -0.1) is 0 Å².